The molecule has 2 aromatic carbocycles. The number of rotatable bonds is 4. The van der Waals surface area contributed by atoms with Gasteiger partial charge in [-0.3, -0.25) is 19.1 Å². The smallest absolute Gasteiger partial charge is 0.273 e. The van der Waals surface area contributed by atoms with E-state index in [4.69, 9.17) is 12.2 Å². The molecule has 1 amide bonds. The molecule has 1 fully saturated rings. The van der Waals surface area contributed by atoms with Crippen LogP contribution in [0, 0.1) is 0 Å². The van der Waals surface area contributed by atoms with Crippen molar-refractivity contribution in [2.45, 2.75) is 31.2 Å². The van der Waals surface area contributed by atoms with E-state index in [2.05, 4.69) is 24.0 Å². The molecule has 3 heterocycles. The number of thiocarbonyl (C=S) groups is 1. The molecule has 0 spiro atoms. The van der Waals surface area contributed by atoms with Gasteiger partial charge in [0.2, 0.25) is 0 Å². The average Bonchev–Trinajstić information content (AvgIpc) is 3.43. The highest BCUT2D eigenvalue weighted by molar-refractivity contribution is 8.31. The third kappa shape index (κ3) is 3.86. The van der Waals surface area contributed by atoms with Crippen LogP contribution in [0.1, 0.15) is 19.8 Å². The number of anilines is 2. The Kier molecular flexibility index (Phi) is 6.22. The molecule has 168 valence electrons. The van der Waals surface area contributed by atoms with Crippen molar-refractivity contribution in [3.05, 3.63) is 74.1 Å². The molecule has 0 aliphatic carbocycles. The van der Waals surface area contributed by atoms with Crippen LogP contribution in [0.5, 0.6) is 0 Å². The zero-order chi connectivity index (χ0) is 23.1. The lowest BCUT2D eigenvalue weighted by Gasteiger charge is -2.13. The second-order valence-electron chi connectivity index (χ2n) is 7.65. The van der Waals surface area contributed by atoms with Crippen LogP contribution in [0.25, 0.3) is 9.93 Å². The maximum atomic E-state index is 13.6. The molecule has 2 aliphatic heterocycles. The van der Waals surface area contributed by atoms with Crippen LogP contribution in [-0.2, 0) is 11.3 Å². The van der Waals surface area contributed by atoms with Gasteiger partial charge in [-0.25, -0.2) is 0 Å². The molecule has 0 radical (unpaired) electrons. The van der Waals surface area contributed by atoms with Gasteiger partial charge in [0.25, 0.3) is 11.5 Å². The number of unbranched alkanes of at least 4 members (excludes halogenated alkanes) is 1. The lowest BCUT2D eigenvalue weighted by Crippen LogP contribution is -2.35. The molecule has 9 heteroatoms. The van der Waals surface area contributed by atoms with Crippen LogP contribution in [0.4, 0.5) is 11.4 Å². The molecule has 5 rings (SSSR count). The first kappa shape index (κ1) is 22.5. The van der Waals surface area contributed by atoms with E-state index in [1.807, 2.05) is 49.5 Å². The molecule has 33 heavy (non-hydrogen) atoms. The molecule has 0 N–H and O–H groups in total. The van der Waals surface area contributed by atoms with E-state index < -0.39 is 0 Å². The average molecular weight is 512 g/mol. The van der Waals surface area contributed by atoms with Crippen molar-refractivity contribution >= 4 is 78.6 Å². The minimum Gasteiger partial charge on any atom is -0.337 e. The van der Waals surface area contributed by atoms with E-state index in [0.717, 1.165) is 34.1 Å². The van der Waals surface area contributed by atoms with Crippen LogP contribution in [0.15, 0.2) is 64.3 Å². The summed E-state index contributed by atoms with van der Waals surface area (Å²) in [6, 6.07) is 17.5. The van der Waals surface area contributed by atoms with Crippen LogP contribution < -0.4 is 24.6 Å². The second kappa shape index (κ2) is 9.13. The van der Waals surface area contributed by atoms with E-state index in [-0.39, 0.29) is 11.5 Å². The summed E-state index contributed by atoms with van der Waals surface area (Å²) < 4.78 is 3.61. The Hall–Kier alpha value is -2.33. The Balaban J connectivity index is 1.71. The molecule has 1 saturated heterocycles. The van der Waals surface area contributed by atoms with Crippen molar-refractivity contribution in [1.82, 2.24) is 4.57 Å². The third-order valence-electron chi connectivity index (χ3n) is 5.53. The summed E-state index contributed by atoms with van der Waals surface area (Å²) in [7, 11) is 1.98. The number of thiazole rings is 1. The lowest BCUT2D eigenvalue weighted by molar-refractivity contribution is -0.112. The first-order chi connectivity index (χ1) is 16.0. The second-order valence-corrected chi connectivity index (χ2v) is 11.3. The monoisotopic (exact) mass is 511 g/mol. The van der Waals surface area contributed by atoms with E-state index >= 15 is 0 Å². The van der Waals surface area contributed by atoms with Gasteiger partial charge in [0, 0.05) is 18.5 Å². The van der Waals surface area contributed by atoms with Gasteiger partial charge in [-0.15, -0.1) is 11.3 Å². The summed E-state index contributed by atoms with van der Waals surface area (Å²) in [6.07, 6.45) is 1.82. The summed E-state index contributed by atoms with van der Waals surface area (Å²) in [6.45, 7) is 2.67. The first-order valence-electron chi connectivity index (χ1n) is 10.6. The van der Waals surface area contributed by atoms with Crippen molar-refractivity contribution < 1.29 is 4.79 Å². The number of benzene rings is 2. The highest BCUT2D eigenvalue weighted by atomic mass is 32.2. The molecule has 0 bridgehead atoms. The van der Waals surface area contributed by atoms with E-state index in [1.165, 1.54) is 23.1 Å². The van der Waals surface area contributed by atoms with Crippen molar-refractivity contribution in [2.24, 2.45) is 0 Å². The fourth-order valence-electron chi connectivity index (χ4n) is 3.83. The zero-order valence-corrected chi connectivity index (χ0v) is 21.4. The Morgan fingerprint density at radius 3 is 2.42 bits per heavy atom. The van der Waals surface area contributed by atoms with Crippen molar-refractivity contribution in [2.75, 3.05) is 16.8 Å². The largest absolute Gasteiger partial charge is 0.337 e. The molecular formula is C24H21N3O2S4. The number of amides is 1. The minimum atomic E-state index is -0.171. The standard InChI is InChI=1S/C24H21N3O2S4/c1-3-4-14-26-20(28)18(22-25(2)16-12-8-9-13-17(16)31-22)32-23(26)19-21(29)27(24(30)33-19)15-10-6-5-7-11-15/h5-13H,3-4,14H2,1-2H3. The van der Waals surface area contributed by atoms with Crippen molar-refractivity contribution in [1.29, 1.82) is 0 Å². The number of hydrogen-bond donors (Lipinski definition) is 0. The Morgan fingerprint density at radius 1 is 0.970 bits per heavy atom. The Morgan fingerprint density at radius 2 is 1.70 bits per heavy atom. The van der Waals surface area contributed by atoms with Gasteiger partial charge in [0.15, 0.2) is 4.32 Å². The van der Waals surface area contributed by atoms with Gasteiger partial charge >= 0.3 is 0 Å². The summed E-state index contributed by atoms with van der Waals surface area (Å²) in [5.74, 6) is -0.171. The lowest BCUT2D eigenvalue weighted by atomic mass is 10.3. The number of aromatic nitrogens is 1. The highest BCUT2D eigenvalue weighted by Crippen LogP contribution is 2.45. The maximum Gasteiger partial charge on any atom is 0.273 e. The first-order valence-corrected chi connectivity index (χ1v) is 13.5. The molecule has 5 nitrogen and oxygen atoms in total. The fourth-order valence-corrected chi connectivity index (χ4v) is 7.76. The normalized spacial score (nSPS) is 19.0. The quantitative estimate of drug-likeness (QED) is 0.490. The topological polar surface area (TPSA) is 45.6 Å². The summed E-state index contributed by atoms with van der Waals surface area (Å²) >= 11 is 9.84. The van der Waals surface area contributed by atoms with Gasteiger partial charge in [0.05, 0.1) is 11.4 Å². The molecule has 3 aromatic rings. The molecule has 2 aliphatic rings. The number of para-hydroxylation sites is 2. The molecule has 0 unspecified atom stereocenters. The summed E-state index contributed by atoms with van der Waals surface area (Å²) in [5.41, 5.74) is 1.78. The number of fused-ring (bicyclic) bond motifs is 1. The third-order valence-corrected chi connectivity index (χ3v) is 9.58. The molecule has 0 saturated carbocycles. The van der Waals surface area contributed by atoms with Crippen LogP contribution in [0.2, 0.25) is 0 Å². The number of thioether (sulfide) groups is 2. The Bertz CT molecular complexity index is 1440. The molecule has 1 aromatic heterocycles. The van der Waals surface area contributed by atoms with Gasteiger partial charge in [-0.1, -0.05) is 79.4 Å². The number of carbonyl (C=O) groups is 1. The van der Waals surface area contributed by atoms with Gasteiger partial charge in [0.1, 0.15) is 19.1 Å². The Labute approximate surface area is 209 Å². The number of hydrogen-bond acceptors (Lipinski definition) is 7. The highest BCUT2D eigenvalue weighted by Gasteiger charge is 2.35. The van der Waals surface area contributed by atoms with Crippen molar-refractivity contribution in [3.8, 4) is 0 Å². The number of carbonyl (C=O) groups excluding carboxylic acids is 1. The van der Waals surface area contributed by atoms with E-state index in [1.54, 1.807) is 21.2 Å². The predicted molar refractivity (Wildman–Crippen MR) is 144 cm³/mol. The SMILES string of the molecule is CCCCn1c(=C2SC(=S)N(c3ccccc3)C2=O)sc(=C2Sc3ccccc3N2C)c1=O. The van der Waals surface area contributed by atoms with Gasteiger partial charge in [-0.2, -0.15) is 0 Å². The van der Waals surface area contributed by atoms with E-state index in [9.17, 15) is 9.59 Å². The van der Waals surface area contributed by atoms with Gasteiger partial charge < -0.3 is 4.90 Å². The van der Waals surface area contributed by atoms with Crippen LogP contribution in [0.3, 0.4) is 0 Å². The molecular weight excluding hydrogens is 491 g/mol. The predicted octanol–water partition coefficient (Wildman–Crippen LogP) is 4.19. The zero-order valence-electron chi connectivity index (χ0n) is 18.1. The number of nitrogens with zero attached hydrogens (tertiary/aromatic N) is 3. The minimum absolute atomic E-state index is 0.0458. The van der Waals surface area contributed by atoms with E-state index in [0.29, 0.717) is 25.0 Å². The van der Waals surface area contributed by atoms with Crippen LogP contribution >= 0.6 is 47.1 Å². The van der Waals surface area contributed by atoms with Crippen LogP contribution in [-0.4, -0.2) is 21.8 Å². The maximum absolute atomic E-state index is 13.6. The summed E-state index contributed by atoms with van der Waals surface area (Å²) in [5, 5.41) is 0.904. The summed E-state index contributed by atoms with van der Waals surface area (Å²) in [4.78, 5) is 32.4. The van der Waals surface area contributed by atoms with Gasteiger partial charge in [-0.05, 0) is 30.7 Å². The molecule has 0 atom stereocenters. The fraction of sp³-hybridized carbons (Fsp3) is 0.208. The van der Waals surface area contributed by atoms with Crippen molar-refractivity contribution in [3.63, 3.8) is 0 Å².